The van der Waals surface area contributed by atoms with Crippen LogP contribution in [0.3, 0.4) is 0 Å². The summed E-state index contributed by atoms with van der Waals surface area (Å²) in [7, 11) is 1.61. The molecule has 2 aromatic heterocycles. The van der Waals surface area contributed by atoms with Gasteiger partial charge in [-0.05, 0) is 43.3 Å². The Morgan fingerprint density at radius 3 is 2.96 bits per heavy atom. The van der Waals surface area contributed by atoms with E-state index in [4.69, 9.17) is 12.2 Å². The Morgan fingerprint density at radius 2 is 2.21 bits per heavy atom. The van der Waals surface area contributed by atoms with Gasteiger partial charge in [0.2, 0.25) is 5.13 Å². The second-order valence-electron chi connectivity index (χ2n) is 5.73. The quantitative estimate of drug-likeness (QED) is 0.701. The van der Waals surface area contributed by atoms with Gasteiger partial charge in [-0.1, -0.05) is 11.3 Å². The van der Waals surface area contributed by atoms with Crippen molar-refractivity contribution in [2.45, 2.75) is 18.8 Å². The van der Waals surface area contributed by atoms with Gasteiger partial charge < -0.3 is 4.98 Å². The fourth-order valence-electron chi connectivity index (χ4n) is 2.40. The number of carbonyl (C=O) groups is 1. The first kappa shape index (κ1) is 15.2. The van der Waals surface area contributed by atoms with Gasteiger partial charge in [-0.2, -0.15) is 0 Å². The summed E-state index contributed by atoms with van der Waals surface area (Å²) in [4.78, 5) is 27.5. The van der Waals surface area contributed by atoms with E-state index < -0.39 is 0 Å². The number of rotatable bonds is 3. The lowest BCUT2D eigenvalue weighted by molar-refractivity contribution is 0.102. The van der Waals surface area contributed by atoms with Gasteiger partial charge in [-0.3, -0.25) is 19.5 Å². The fourth-order valence-corrected chi connectivity index (χ4v) is 3.50. The molecular formula is C15H13N5O2S2. The van der Waals surface area contributed by atoms with Gasteiger partial charge in [0.15, 0.2) is 4.77 Å². The molecule has 9 heteroatoms. The number of anilines is 1. The highest BCUT2D eigenvalue weighted by molar-refractivity contribution is 7.71. The molecule has 0 atom stereocenters. The van der Waals surface area contributed by atoms with Gasteiger partial charge in [0.1, 0.15) is 5.01 Å². The van der Waals surface area contributed by atoms with Crippen LogP contribution in [0.4, 0.5) is 5.13 Å². The number of fused-ring (bicyclic) bond motifs is 1. The topological polar surface area (TPSA) is 92.7 Å². The number of aromatic nitrogens is 4. The lowest BCUT2D eigenvalue weighted by Crippen LogP contribution is -2.19. The maximum Gasteiger partial charge on any atom is 0.261 e. The minimum atomic E-state index is -0.296. The van der Waals surface area contributed by atoms with Gasteiger partial charge in [0, 0.05) is 18.5 Å². The largest absolute Gasteiger partial charge is 0.332 e. The second kappa shape index (κ2) is 5.60. The average molecular weight is 359 g/mol. The summed E-state index contributed by atoms with van der Waals surface area (Å²) in [5.74, 6) is 0.209. The van der Waals surface area contributed by atoms with Crippen LogP contribution in [0.5, 0.6) is 0 Å². The van der Waals surface area contributed by atoms with Gasteiger partial charge in [0.25, 0.3) is 11.5 Å². The number of benzene rings is 1. The Morgan fingerprint density at radius 1 is 1.42 bits per heavy atom. The summed E-state index contributed by atoms with van der Waals surface area (Å²) >= 11 is 6.51. The van der Waals surface area contributed by atoms with Gasteiger partial charge in [-0.15, -0.1) is 10.2 Å². The molecule has 122 valence electrons. The molecule has 2 N–H and O–H groups in total. The van der Waals surface area contributed by atoms with Crippen LogP contribution in [0.15, 0.2) is 23.0 Å². The van der Waals surface area contributed by atoms with E-state index in [-0.39, 0.29) is 11.5 Å². The Hall–Kier alpha value is -2.39. The SMILES string of the molecule is Cn1c(=S)[nH]c2cc(C(=O)Nc3nnc(C4CC4)s3)ccc2c1=O. The van der Waals surface area contributed by atoms with E-state index in [0.717, 1.165) is 17.8 Å². The summed E-state index contributed by atoms with van der Waals surface area (Å²) in [6.07, 6.45) is 2.28. The maximum absolute atomic E-state index is 12.4. The number of hydrogen-bond donors (Lipinski definition) is 2. The van der Waals surface area contributed by atoms with Crippen LogP contribution < -0.4 is 10.9 Å². The van der Waals surface area contributed by atoms with E-state index in [1.54, 1.807) is 25.2 Å². The summed E-state index contributed by atoms with van der Waals surface area (Å²) in [6, 6.07) is 4.84. The minimum absolute atomic E-state index is 0.195. The molecular weight excluding hydrogens is 346 g/mol. The van der Waals surface area contributed by atoms with Crippen molar-refractivity contribution in [3.05, 3.63) is 43.9 Å². The molecule has 0 spiro atoms. The zero-order chi connectivity index (χ0) is 16.8. The van der Waals surface area contributed by atoms with Crippen molar-refractivity contribution in [2.24, 2.45) is 7.05 Å². The zero-order valence-electron chi connectivity index (χ0n) is 12.7. The van der Waals surface area contributed by atoms with Crippen molar-refractivity contribution in [1.82, 2.24) is 19.7 Å². The van der Waals surface area contributed by atoms with Crippen molar-refractivity contribution in [3.63, 3.8) is 0 Å². The Balaban J connectivity index is 1.65. The normalized spacial score (nSPS) is 14.0. The van der Waals surface area contributed by atoms with Crippen molar-refractivity contribution in [2.75, 3.05) is 5.32 Å². The molecule has 0 radical (unpaired) electrons. The predicted octanol–water partition coefficient (Wildman–Crippen LogP) is 2.58. The number of nitrogens with one attached hydrogen (secondary N) is 2. The third-order valence-electron chi connectivity index (χ3n) is 3.95. The third kappa shape index (κ3) is 2.65. The lowest BCUT2D eigenvalue weighted by Gasteiger charge is -2.05. The van der Waals surface area contributed by atoms with Gasteiger partial charge in [0.05, 0.1) is 10.9 Å². The minimum Gasteiger partial charge on any atom is -0.332 e. The average Bonchev–Trinajstić information content (AvgIpc) is 3.32. The molecule has 1 fully saturated rings. The first-order valence-corrected chi connectivity index (χ1v) is 8.63. The highest BCUT2D eigenvalue weighted by Gasteiger charge is 2.27. The Labute approximate surface area is 145 Å². The van der Waals surface area contributed by atoms with Crippen molar-refractivity contribution in [1.29, 1.82) is 0 Å². The standard InChI is InChI=1S/C15H13N5O2S2/c1-20-13(22)9-5-4-8(6-10(9)16-15(20)23)11(21)17-14-19-18-12(24-14)7-2-3-7/h4-7H,2-3H2,1H3,(H,16,23)(H,17,19,21). The molecule has 7 nitrogen and oxygen atoms in total. The first-order chi connectivity index (χ1) is 11.5. The maximum atomic E-state index is 12.4. The van der Waals surface area contributed by atoms with Gasteiger partial charge in [-0.25, -0.2) is 0 Å². The Bertz CT molecular complexity index is 1080. The van der Waals surface area contributed by atoms with Crippen LogP contribution in [-0.2, 0) is 7.05 Å². The van der Waals surface area contributed by atoms with Crippen LogP contribution in [-0.4, -0.2) is 25.7 Å². The smallest absolute Gasteiger partial charge is 0.261 e. The second-order valence-corrected chi connectivity index (χ2v) is 7.12. The molecule has 3 aromatic rings. The molecule has 2 heterocycles. The Kier molecular flexibility index (Phi) is 3.54. The molecule has 1 saturated carbocycles. The molecule has 0 saturated heterocycles. The third-order valence-corrected chi connectivity index (χ3v) is 5.33. The van der Waals surface area contributed by atoms with Crippen molar-refractivity contribution >= 4 is 45.5 Å². The van der Waals surface area contributed by atoms with E-state index in [1.807, 2.05) is 0 Å². The molecule has 0 unspecified atom stereocenters. The molecule has 0 aliphatic heterocycles. The number of hydrogen-bond acceptors (Lipinski definition) is 6. The highest BCUT2D eigenvalue weighted by Crippen LogP contribution is 2.42. The number of carbonyl (C=O) groups excluding carboxylic acids is 1. The van der Waals surface area contributed by atoms with E-state index in [1.165, 1.54) is 15.9 Å². The summed E-state index contributed by atoms with van der Waals surface area (Å²) in [5.41, 5.74) is 0.759. The zero-order valence-corrected chi connectivity index (χ0v) is 14.3. The van der Waals surface area contributed by atoms with Crippen LogP contribution in [0, 0.1) is 4.77 Å². The first-order valence-electron chi connectivity index (χ1n) is 7.41. The van der Waals surface area contributed by atoms with E-state index in [9.17, 15) is 9.59 Å². The summed E-state index contributed by atoms with van der Waals surface area (Å²) in [5, 5.41) is 12.8. The van der Waals surface area contributed by atoms with E-state index in [2.05, 4.69) is 20.5 Å². The monoisotopic (exact) mass is 359 g/mol. The molecule has 1 amide bonds. The van der Waals surface area contributed by atoms with E-state index in [0.29, 0.717) is 32.3 Å². The number of amides is 1. The van der Waals surface area contributed by atoms with Crippen LogP contribution in [0.25, 0.3) is 10.9 Å². The van der Waals surface area contributed by atoms with Crippen molar-refractivity contribution in [3.8, 4) is 0 Å². The lowest BCUT2D eigenvalue weighted by atomic mass is 10.1. The molecule has 1 aliphatic rings. The predicted molar refractivity (Wildman–Crippen MR) is 94.2 cm³/mol. The molecule has 1 aromatic carbocycles. The van der Waals surface area contributed by atoms with Crippen LogP contribution in [0.1, 0.15) is 34.1 Å². The molecule has 1 aliphatic carbocycles. The van der Waals surface area contributed by atoms with Crippen molar-refractivity contribution < 1.29 is 4.79 Å². The van der Waals surface area contributed by atoms with Gasteiger partial charge >= 0.3 is 0 Å². The molecule has 24 heavy (non-hydrogen) atoms. The summed E-state index contributed by atoms with van der Waals surface area (Å²) < 4.78 is 1.67. The number of H-pyrrole nitrogens is 1. The number of aromatic amines is 1. The summed E-state index contributed by atoms with van der Waals surface area (Å²) in [6.45, 7) is 0. The van der Waals surface area contributed by atoms with Crippen LogP contribution >= 0.6 is 23.6 Å². The van der Waals surface area contributed by atoms with Crippen LogP contribution in [0.2, 0.25) is 0 Å². The van der Waals surface area contributed by atoms with E-state index >= 15 is 0 Å². The fraction of sp³-hybridized carbons (Fsp3) is 0.267. The number of nitrogens with zero attached hydrogens (tertiary/aromatic N) is 3. The highest BCUT2D eigenvalue weighted by atomic mass is 32.1. The molecule has 0 bridgehead atoms. The molecule has 4 rings (SSSR count).